The minimum Gasteiger partial charge on any atom is -0.548 e. The van der Waals surface area contributed by atoms with Crippen LogP contribution in [0.1, 0.15) is 194 Å². The van der Waals surface area contributed by atoms with Crippen LogP contribution in [0.2, 0.25) is 0 Å². The molecule has 0 aromatic carbocycles. The molecule has 9 heteroatoms. The second kappa shape index (κ2) is 42.5. The number of rotatable bonds is 34. The summed E-state index contributed by atoms with van der Waals surface area (Å²) in [6, 6.07) is 0. The van der Waals surface area contributed by atoms with E-state index in [9.17, 15) is 29.4 Å². The van der Waals surface area contributed by atoms with Crippen LogP contribution >= 0.6 is 0 Å². The third-order valence-electron chi connectivity index (χ3n) is 8.89. The number of likely N-dealkylation sites (N-methyl/N-ethyl adjacent to an activating group) is 2. The van der Waals surface area contributed by atoms with Crippen LogP contribution in [0.3, 0.4) is 0 Å². The first-order valence-electron chi connectivity index (χ1n) is 20.3. The first-order valence-corrected chi connectivity index (χ1v) is 20.3. The van der Waals surface area contributed by atoms with Gasteiger partial charge in [0.2, 0.25) is 11.8 Å². The molecule has 0 rings (SSSR count). The van der Waals surface area contributed by atoms with E-state index >= 15 is 0 Å². The summed E-state index contributed by atoms with van der Waals surface area (Å²) in [5.41, 5.74) is 0. The molecular weight excluding hydrogens is 653 g/mol. The van der Waals surface area contributed by atoms with E-state index in [1.165, 1.54) is 139 Å². The molecule has 0 N–H and O–H groups in total. The van der Waals surface area contributed by atoms with Crippen molar-refractivity contribution >= 4 is 46.8 Å². The molecule has 0 saturated carbocycles. The second-order valence-corrected chi connectivity index (χ2v) is 13.9. The van der Waals surface area contributed by atoms with Crippen molar-refractivity contribution in [2.24, 2.45) is 0 Å². The molecule has 0 radical (unpaired) electrons. The van der Waals surface area contributed by atoms with E-state index in [-0.39, 0.29) is 48.0 Å². The summed E-state index contributed by atoms with van der Waals surface area (Å²) in [6.07, 6.45) is 42.0. The van der Waals surface area contributed by atoms with Crippen LogP contribution in [0.15, 0.2) is 24.3 Å². The maximum Gasteiger partial charge on any atom is 2.00 e. The number of aliphatic carboxylic acids is 2. The number of unbranched alkanes of at least 4 members (excludes halogenated alkanes) is 22. The van der Waals surface area contributed by atoms with Gasteiger partial charge in [-0.25, -0.2) is 0 Å². The number of hydrogen-bond donors (Lipinski definition) is 0. The van der Waals surface area contributed by atoms with Crippen molar-refractivity contribution in [2.45, 2.75) is 194 Å². The van der Waals surface area contributed by atoms with Gasteiger partial charge in [0, 0.05) is 26.9 Å². The number of nitrogens with zero attached hydrogens (tertiary/aromatic N) is 2. The molecule has 0 atom stereocenters. The van der Waals surface area contributed by atoms with Gasteiger partial charge in [-0.1, -0.05) is 141 Å². The SMILES string of the molecule is CCCCCCCC/C=C\CCCCCCCC(=O)N(C)CC(=O)[O-].CCCCCCCC/C=C\CCCCCCCC(=O)N(C)CC(=O)[O-].[Mg+2]. The van der Waals surface area contributed by atoms with E-state index in [2.05, 4.69) is 38.2 Å². The maximum atomic E-state index is 11.6. The fourth-order valence-electron chi connectivity index (χ4n) is 5.64. The van der Waals surface area contributed by atoms with E-state index in [1.807, 2.05) is 0 Å². The molecule has 0 aromatic rings. The number of hydrogen-bond acceptors (Lipinski definition) is 6. The number of carboxylic acids is 2. The van der Waals surface area contributed by atoms with Crippen molar-refractivity contribution < 1.29 is 29.4 Å². The van der Waals surface area contributed by atoms with Gasteiger partial charge in [0.1, 0.15) is 0 Å². The average Bonchev–Trinajstić information content (AvgIpc) is 3.07. The Morgan fingerprint density at radius 2 is 0.647 bits per heavy atom. The molecule has 51 heavy (non-hydrogen) atoms. The quantitative estimate of drug-likeness (QED) is 0.0375. The predicted molar refractivity (Wildman–Crippen MR) is 210 cm³/mol. The Morgan fingerprint density at radius 1 is 0.412 bits per heavy atom. The van der Waals surface area contributed by atoms with Gasteiger partial charge in [-0.2, -0.15) is 0 Å². The van der Waals surface area contributed by atoms with E-state index in [4.69, 9.17) is 0 Å². The molecule has 8 nitrogen and oxygen atoms in total. The van der Waals surface area contributed by atoms with Crippen LogP contribution in [0.5, 0.6) is 0 Å². The summed E-state index contributed by atoms with van der Waals surface area (Å²) >= 11 is 0. The average molecular weight is 729 g/mol. The molecule has 0 spiro atoms. The number of carbonyl (C=O) groups excluding carboxylic acids is 4. The third-order valence-corrected chi connectivity index (χ3v) is 8.89. The largest absolute Gasteiger partial charge is 2.00 e. The molecule has 0 heterocycles. The first kappa shape index (κ1) is 53.5. The Kier molecular flexibility index (Phi) is 44.6. The topological polar surface area (TPSA) is 121 Å². The van der Waals surface area contributed by atoms with Gasteiger partial charge in [-0.15, -0.1) is 0 Å². The number of carboxylic acid groups (broad SMARTS) is 2. The van der Waals surface area contributed by atoms with Crippen molar-refractivity contribution in [1.82, 2.24) is 9.80 Å². The van der Waals surface area contributed by atoms with E-state index < -0.39 is 11.9 Å². The molecule has 0 aromatic heterocycles. The van der Waals surface area contributed by atoms with Crippen LogP contribution < -0.4 is 10.2 Å². The number of amides is 2. The van der Waals surface area contributed by atoms with E-state index in [1.54, 1.807) is 0 Å². The minimum absolute atomic E-state index is 0. The van der Waals surface area contributed by atoms with Crippen LogP contribution in [0.25, 0.3) is 0 Å². The van der Waals surface area contributed by atoms with Crippen molar-refractivity contribution in [2.75, 3.05) is 27.2 Å². The summed E-state index contributed by atoms with van der Waals surface area (Å²) in [5, 5.41) is 20.8. The second-order valence-electron chi connectivity index (χ2n) is 13.9. The smallest absolute Gasteiger partial charge is 0.548 e. The van der Waals surface area contributed by atoms with E-state index in [0.717, 1.165) is 51.4 Å². The van der Waals surface area contributed by atoms with Gasteiger partial charge in [0.15, 0.2) is 0 Å². The number of carbonyl (C=O) groups is 4. The fraction of sp³-hybridized carbons (Fsp3) is 0.810. The standard InChI is InChI=1S/2C21H39NO3.Mg/c2*1-3-4-5-6-7-8-9-10-11-12-13-14-15-16-17-18-20(23)22(2)19-21(24)25;/h2*10-11H,3-9,12-19H2,1-2H3,(H,24,25);/q;;+2/p-2/b2*11-10-;. The van der Waals surface area contributed by atoms with Gasteiger partial charge in [0.25, 0.3) is 0 Å². The van der Waals surface area contributed by atoms with Gasteiger partial charge in [-0.3, -0.25) is 9.59 Å². The Bertz CT molecular complexity index is 809. The van der Waals surface area contributed by atoms with Gasteiger partial charge in [0.05, 0.1) is 25.0 Å². The molecule has 0 bridgehead atoms. The summed E-state index contributed by atoms with van der Waals surface area (Å²) < 4.78 is 0. The minimum atomic E-state index is -1.21. The molecule has 0 saturated heterocycles. The maximum absolute atomic E-state index is 11.6. The summed E-state index contributed by atoms with van der Waals surface area (Å²) in [7, 11) is 3.02. The third kappa shape index (κ3) is 44.2. The summed E-state index contributed by atoms with van der Waals surface area (Å²) in [5.74, 6) is -2.63. The normalized spacial score (nSPS) is 10.9. The predicted octanol–water partition coefficient (Wildman–Crippen LogP) is 8.08. The van der Waals surface area contributed by atoms with Crippen molar-refractivity contribution in [1.29, 1.82) is 0 Å². The molecule has 0 aliphatic rings. The van der Waals surface area contributed by atoms with Crippen LogP contribution in [-0.4, -0.2) is 83.8 Å². The Hall–Kier alpha value is -1.87. The monoisotopic (exact) mass is 729 g/mol. The summed E-state index contributed by atoms with van der Waals surface area (Å²) in [4.78, 5) is 46.6. The molecular formula is C42H76MgN2O6. The Labute approximate surface area is 329 Å². The zero-order chi connectivity index (χ0) is 37.5. The molecule has 0 fully saturated rings. The zero-order valence-electron chi connectivity index (χ0n) is 33.6. The van der Waals surface area contributed by atoms with Crippen molar-refractivity contribution in [3.05, 3.63) is 24.3 Å². The van der Waals surface area contributed by atoms with E-state index in [0.29, 0.717) is 12.8 Å². The van der Waals surface area contributed by atoms with Gasteiger partial charge in [-0.05, 0) is 64.2 Å². The molecule has 0 unspecified atom stereocenters. The fourth-order valence-corrected chi connectivity index (χ4v) is 5.64. The van der Waals surface area contributed by atoms with Crippen LogP contribution in [0, 0.1) is 0 Å². The summed E-state index contributed by atoms with van der Waals surface area (Å²) in [6.45, 7) is 3.87. The van der Waals surface area contributed by atoms with Crippen LogP contribution in [0.4, 0.5) is 0 Å². The van der Waals surface area contributed by atoms with Gasteiger partial charge >= 0.3 is 23.1 Å². The Morgan fingerprint density at radius 3 is 0.902 bits per heavy atom. The van der Waals surface area contributed by atoms with Gasteiger partial charge < -0.3 is 29.6 Å². The Balaban J connectivity index is -0.000000886. The number of allylic oxidation sites excluding steroid dienone is 4. The van der Waals surface area contributed by atoms with Crippen molar-refractivity contribution in [3.63, 3.8) is 0 Å². The molecule has 292 valence electrons. The zero-order valence-corrected chi connectivity index (χ0v) is 35.0. The molecule has 0 aliphatic heterocycles. The molecule has 0 aliphatic carbocycles. The van der Waals surface area contributed by atoms with Crippen LogP contribution in [-0.2, 0) is 19.2 Å². The van der Waals surface area contributed by atoms with Crippen molar-refractivity contribution in [3.8, 4) is 0 Å². The molecule has 2 amide bonds. The first-order chi connectivity index (χ1) is 24.1.